The second kappa shape index (κ2) is 6.65. The van der Waals surface area contributed by atoms with E-state index in [1.165, 1.54) is 0 Å². The number of benzene rings is 1. The standard InChI is InChI=1S/C10H12ClO3/c1-12-6-7-13-8-14-10-5-3-2-4-9(10)11/h2-4H,6-8H2,1H3. The average Bonchev–Trinajstić information content (AvgIpc) is 2.20. The number of hydrogen-bond acceptors (Lipinski definition) is 3. The van der Waals surface area contributed by atoms with Crippen molar-refractivity contribution in [2.75, 3.05) is 27.1 Å². The molecule has 0 heterocycles. The van der Waals surface area contributed by atoms with Crippen LogP contribution in [0.4, 0.5) is 0 Å². The number of rotatable bonds is 6. The summed E-state index contributed by atoms with van der Waals surface area (Å²) in [6.45, 7) is 1.21. The Morgan fingerprint density at radius 3 is 3.00 bits per heavy atom. The maximum atomic E-state index is 5.83. The van der Waals surface area contributed by atoms with E-state index in [2.05, 4.69) is 6.07 Å². The molecular formula is C10H12ClO3. The zero-order valence-corrected chi connectivity index (χ0v) is 8.71. The zero-order valence-electron chi connectivity index (χ0n) is 7.96. The van der Waals surface area contributed by atoms with Gasteiger partial charge in [0, 0.05) is 13.2 Å². The van der Waals surface area contributed by atoms with Crippen LogP contribution in [-0.2, 0) is 9.47 Å². The van der Waals surface area contributed by atoms with E-state index < -0.39 is 0 Å². The lowest BCUT2D eigenvalue weighted by molar-refractivity contribution is -0.00854. The van der Waals surface area contributed by atoms with Crippen molar-refractivity contribution in [3.05, 3.63) is 29.3 Å². The molecule has 0 saturated heterocycles. The van der Waals surface area contributed by atoms with Gasteiger partial charge >= 0.3 is 0 Å². The molecule has 0 aliphatic rings. The van der Waals surface area contributed by atoms with Crippen molar-refractivity contribution >= 4 is 11.6 Å². The SMILES string of the molecule is COCCOCOc1[c]cccc1Cl. The first-order valence-corrected chi connectivity index (χ1v) is 4.58. The van der Waals surface area contributed by atoms with Crippen LogP contribution in [-0.4, -0.2) is 27.1 Å². The van der Waals surface area contributed by atoms with Crippen LogP contribution >= 0.6 is 11.6 Å². The summed E-state index contributed by atoms with van der Waals surface area (Å²) in [4.78, 5) is 0. The summed E-state index contributed by atoms with van der Waals surface area (Å²) in [6.07, 6.45) is 0. The molecular weight excluding hydrogens is 204 g/mol. The molecule has 0 N–H and O–H groups in total. The molecule has 0 saturated carbocycles. The quantitative estimate of drug-likeness (QED) is 0.538. The van der Waals surface area contributed by atoms with Gasteiger partial charge in [-0.05, 0) is 6.07 Å². The molecule has 0 aliphatic carbocycles. The van der Waals surface area contributed by atoms with Crippen LogP contribution in [0.5, 0.6) is 5.75 Å². The molecule has 1 aromatic carbocycles. The fourth-order valence-electron chi connectivity index (χ4n) is 0.813. The Bertz CT molecular complexity index is 265. The van der Waals surface area contributed by atoms with E-state index in [4.69, 9.17) is 25.8 Å². The van der Waals surface area contributed by atoms with Gasteiger partial charge in [-0.2, -0.15) is 0 Å². The number of para-hydroxylation sites is 1. The van der Waals surface area contributed by atoms with Gasteiger partial charge in [0.15, 0.2) is 6.79 Å². The van der Waals surface area contributed by atoms with Crippen LogP contribution in [0.25, 0.3) is 0 Å². The highest BCUT2D eigenvalue weighted by Crippen LogP contribution is 2.22. The van der Waals surface area contributed by atoms with Crippen LogP contribution < -0.4 is 4.74 Å². The summed E-state index contributed by atoms with van der Waals surface area (Å²) in [6, 6.07) is 8.13. The topological polar surface area (TPSA) is 27.7 Å². The van der Waals surface area contributed by atoms with Crippen molar-refractivity contribution < 1.29 is 14.2 Å². The molecule has 14 heavy (non-hydrogen) atoms. The summed E-state index contributed by atoms with van der Waals surface area (Å²) in [5.41, 5.74) is 0. The van der Waals surface area contributed by atoms with E-state index in [1.807, 2.05) is 0 Å². The second-order valence-corrected chi connectivity index (χ2v) is 2.92. The van der Waals surface area contributed by atoms with Crippen LogP contribution in [0.2, 0.25) is 5.02 Å². The normalized spacial score (nSPS) is 10.1. The van der Waals surface area contributed by atoms with Crippen LogP contribution in [0.3, 0.4) is 0 Å². The Kier molecular flexibility index (Phi) is 5.37. The van der Waals surface area contributed by atoms with E-state index in [1.54, 1.807) is 25.3 Å². The maximum absolute atomic E-state index is 5.83. The smallest absolute Gasteiger partial charge is 0.189 e. The van der Waals surface area contributed by atoms with Gasteiger partial charge in [-0.3, -0.25) is 0 Å². The first-order valence-electron chi connectivity index (χ1n) is 4.20. The van der Waals surface area contributed by atoms with Gasteiger partial charge in [0.25, 0.3) is 0 Å². The number of halogens is 1. The van der Waals surface area contributed by atoms with Gasteiger partial charge in [0.1, 0.15) is 5.75 Å². The molecule has 1 radical (unpaired) electrons. The highest BCUT2D eigenvalue weighted by Gasteiger charge is 1.98. The van der Waals surface area contributed by atoms with E-state index >= 15 is 0 Å². The molecule has 0 atom stereocenters. The molecule has 77 valence electrons. The molecule has 0 amide bonds. The van der Waals surface area contributed by atoms with Crippen molar-refractivity contribution in [3.63, 3.8) is 0 Å². The Labute approximate surface area is 88.5 Å². The summed E-state index contributed by atoms with van der Waals surface area (Å²) < 4.78 is 15.1. The van der Waals surface area contributed by atoms with E-state index in [9.17, 15) is 0 Å². The number of methoxy groups -OCH3 is 1. The predicted molar refractivity (Wildman–Crippen MR) is 53.6 cm³/mol. The van der Waals surface area contributed by atoms with Crippen molar-refractivity contribution in [1.29, 1.82) is 0 Å². The Hall–Kier alpha value is -0.770. The van der Waals surface area contributed by atoms with Gasteiger partial charge in [0.05, 0.1) is 18.2 Å². The molecule has 0 spiro atoms. The molecule has 0 aliphatic heterocycles. The van der Waals surface area contributed by atoms with Crippen LogP contribution in [0.1, 0.15) is 0 Å². The first kappa shape index (κ1) is 11.3. The van der Waals surface area contributed by atoms with E-state index in [0.717, 1.165) is 0 Å². The molecule has 3 nitrogen and oxygen atoms in total. The third-order valence-corrected chi connectivity index (χ3v) is 1.79. The van der Waals surface area contributed by atoms with E-state index in [-0.39, 0.29) is 6.79 Å². The van der Waals surface area contributed by atoms with Crippen LogP contribution in [0, 0.1) is 6.07 Å². The van der Waals surface area contributed by atoms with Gasteiger partial charge < -0.3 is 14.2 Å². The lowest BCUT2D eigenvalue weighted by Gasteiger charge is -2.07. The van der Waals surface area contributed by atoms with Gasteiger partial charge in [-0.25, -0.2) is 0 Å². The second-order valence-electron chi connectivity index (χ2n) is 2.51. The van der Waals surface area contributed by atoms with Crippen molar-refractivity contribution in [2.45, 2.75) is 0 Å². The minimum Gasteiger partial charge on any atom is -0.465 e. The summed E-state index contributed by atoms with van der Waals surface area (Å²) >= 11 is 5.83. The molecule has 4 heteroatoms. The average molecular weight is 216 g/mol. The fraction of sp³-hybridized carbons (Fsp3) is 0.400. The molecule has 0 fully saturated rings. The van der Waals surface area contributed by atoms with Gasteiger partial charge in [0.2, 0.25) is 0 Å². The Morgan fingerprint density at radius 1 is 1.43 bits per heavy atom. The predicted octanol–water partition coefficient (Wildman–Crippen LogP) is 2.14. The minimum absolute atomic E-state index is 0.156. The van der Waals surface area contributed by atoms with Crippen molar-refractivity contribution in [3.8, 4) is 5.75 Å². The minimum atomic E-state index is 0.156. The fourth-order valence-corrected chi connectivity index (χ4v) is 0.995. The highest BCUT2D eigenvalue weighted by molar-refractivity contribution is 6.31. The van der Waals surface area contributed by atoms with E-state index in [0.29, 0.717) is 24.0 Å². The molecule has 0 unspecified atom stereocenters. The van der Waals surface area contributed by atoms with Gasteiger partial charge in [-0.1, -0.05) is 23.7 Å². The van der Waals surface area contributed by atoms with Crippen molar-refractivity contribution in [2.24, 2.45) is 0 Å². The monoisotopic (exact) mass is 215 g/mol. The third-order valence-electron chi connectivity index (χ3n) is 1.49. The Morgan fingerprint density at radius 2 is 2.29 bits per heavy atom. The summed E-state index contributed by atoms with van der Waals surface area (Å²) in [7, 11) is 1.62. The zero-order chi connectivity index (χ0) is 10.2. The number of hydrogen-bond donors (Lipinski definition) is 0. The number of ether oxygens (including phenoxy) is 3. The molecule has 0 bridgehead atoms. The lowest BCUT2D eigenvalue weighted by atomic mass is 10.3. The Balaban J connectivity index is 2.21. The molecule has 1 aromatic rings. The summed E-state index contributed by atoms with van der Waals surface area (Å²) in [5.74, 6) is 0.506. The molecule has 1 rings (SSSR count). The lowest BCUT2D eigenvalue weighted by Crippen LogP contribution is -2.07. The largest absolute Gasteiger partial charge is 0.465 e. The maximum Gasteiger partial charge on any atom is 0.189 e. The third kappa shape index (κ3) is 3.96. The molecule has 0 aromatic heterocycles. The summed E-state index contributed by atoms with van der Waals surface area (Å²) in [5, 5.41) is 0.530. The van der Waals surface area contributed by atoms with Gasteiger partial charge in [-0.15, -0.1) is 0 Å². The van der Waals surface area contributed by atoms with Crippen LogP contribution in [0.15, 0.2) is 18.2 Å². The highest BCUT2D eigenvalue weighted by atomic mass is 35.5. The first-order chi connectivity index (χ1) is 6.84. The van der Waals surface area contributed by atoms with Crippen molar-refractivity contribution in [1.82, 2.24) is 0 Å².